The van der Waals surface area contributed by atoms with Crippen molar-refractivity contribution in [3.05, 3.63) is 29.8 Å². The van der Waals surface area contributed by atoms with Gasteiger partial charge in [-0.25, -0.2) is 4.79 Å². The molecule has 0 saturated heterocycles. The number of rotatable bonds is 3. The van der Waals surface area contributed by atoms with Crippen LogP contribution in [0.25, 0.3) is 0 Å². The van der Waals surface area contributed by atoms with Crippen molar-refractivity contribution in [2.45, 2.75) is 32.9 Å². The van der Waals surface area contributed by atoms with E-state index in [-0.39, 0.29) is 5.75 Å². The second-order valence-corrected chi connectivity index (χ2v) is 5.33. The Balaban J connectivity index is 3.02. The molecule has 0 spiro atoms. The molecule has 2 atom stereocenters. The number of hydrogen-bond donors (Lipinski definition) is 4. The molecule has 0 aliphatic heterocycles. The van der Waals surface area contributed by atoms with Gasteiger partial charge in [-0.05, 0) is 23.1 Å². The number of carbonyl (C=O) groups is 1. The first-order valence-electron chi connectivity index (χ1n) is 5.68. The monoisotopic (exact) mass is 253 g/mol. The molecule has 0 aromatic heterocycles. The topological polar surface area (TPSA) is 89.8 Å². The smallest absolute Gasteiger partial charge is 0.404 e. The zero-order valence-electron chi connectivity index (χ0n) is 10.7. The Bertz CT molecular complexity index is 425. The molecule has 1 aromatic rings. The molecule has 0 saturated carbocycles. The standard InChI is InChI=1S/C13H19NO4/c1-13(2,3)11(14-12(17)18)10(16)8-5-4-6-9(15)7-8/h4-7,10-11,14-16H,1-3H3,(H,17,18). The fraction of sp³-hybridized carbons (Fsp3) is 0.462. The molecule has 1 amide bonds. The minimum Gasteiger partial charge on any atom is -0.508 e. The van der Waals surface area contributed by atoms with Crippen molar-refractivity contribution in [3.63, 3.8) is 0 Å². The number of phenols is 1. The Morgan fingerprint density at radius 3 is 2.39 bits per heavy atom. The molecule has 18 heavy (non-hydrogen) atoms. The Morgan fingerprint density at radius 1 is 1.33 bits per heavy atom. The lowest BCUT2D eigenvalue weighted by Crippen LogP contribution is -2.47. The summed E-state index contributed by atoms with van der Waals surface area (Å²) in [5, 5.41) is 30.8. The van der Waals surface area contributed by atoms with E-state index in [2.05, 4.69) is 5.32 Å². The molecule has 0 heterocycles. The number of nitrogens with one attached hydrogen (secondary N) is 1. The van der Waals surface area contributed by atoms with Crippen molar-refractivity contribution in [1.82, 2.24) is 5.32 Å². The maximum atomic E-state index is 10.8. The molecule has 5 heteroatoms. The summed E-state index contributed by atoms with van der Waals surface area (Å²) in [7, 11) is 0. The number of phenolic OH excluding ortho intramolecular Hbond substituents is 1. The van der Waals surface area contributed by atoms with Crippen LogP contribution in [0.5, 0.6) is 5.75 Å². The van der Waals surface area contributed by atoms with Gasteiger partial charge in [0.25, 0.3) is 0 Å². The molecule has 5 nitrogen and oxygen atoms in total. The second-order valence-electron chi connectivity index (χ2n) is 5.33. The van der Waals surface area contributed by atoms with Crippen LogP contribution in [0.15, 0.2) is 24.3 Å². The van der Waals surface area contributed by atoms with Gasteiger partial charge in [-0.2, -0.15) is 0 Å². The van der Waals surface area contributed by atoms with Crippen molar-refractivity contribution in [3.8, 4) is 5.75 Å². The molecule has 100 valence electrons. The van der Waals surface area contributed by atoms with Crippen molar-refractivity contribution < 1.29 is 20.1 Å². The molecule has 0 aliphatic carbocycles. The zero-order chi connectivity index (χ0) is 13.9. The van der Waals surface area contributed by atoms with Crippen LogP contribution in [0.4, 0.5) is 4.79 Å². The lowest BCUT2D eigenvalue weighted by molar-refractivity contribution is 0.0683. The van der Waals surface area contributed by atoms with E-state index in [4.69, 9.17) is 5.11 Å². The molecule has 0 bridgehead atoms. The summed E-state index contributed by atoms with van der Waals surface area (Å²) in [6.45, 7) is 5.50. The summed E-state index contributed by atoms with van der Waals surface area (Å²) in [4.78, 5) is 10.8. The number of hydrogen-bond acceptors (Lipinski definition) is 3. The van der Waals surface area contributed by atoms with E-state index in [1.54, 1.807) is 12.1 Å². The van der Waals surface area contributed by atoms with Gasteiger partial charge in [-0.3, -0.25) is 0 Å². The van der Waals surface area contributed by atoms with Gasteiger partial charge < -0.3 is 20.6 Å². The second kappa shape index (κ2) is 5.27. The molecule has 1 rings (SSSR count). The van der Waals surface area contributed by atoms with Crippen molar-refractivity contribution >= 4 is 6.09 Å². The number of carboxylic acid groups (broad SMARTS) is 1. The Labute approximate surface area is 106 Å². The fourth-order valence-corrected chi connectivity index (χ4v) is 1.80. The quantitative estimate of drug-likeness (QED) is 0.664. The Hall–Kier alpha value is -1.75. The first-order valence-corrected chi connectivity index (χ1v) is 5.68. The molecule has 0 fully saturated rings. The van der Waals surface area contributed by atoms with E-state index < -0.39 is 23.7 Å². The van der Waals surface area contributed by atoms with E-state index >= 15 is 0 Å². The van der Waals surface area contributed by atoms with Gasteiger partial charge in [-0.1, -0.05) is 32.9 Å². The van der Waals surface area contributed by atoms with E-state index in [1.165, 1.54) is 12.1 Å². The zero-order valence-corrected chi connectivity index (χ0v) is 10.7. The van der Waals surface area contributed by atoms with Gasteiger partial charge in [0.05, 0.1) is 12.1 Å². The molecule has 1 aromatic carbocycles. The van der Waals surface area contributed by atoms with Gasteiger partial charge in [0, 0.05) is 0 Å². The Kier molecular flexibility index (Phi) is 4.19. The summed E-state index contributed by atoms with van der Waals surface area (Å²) >= 11 is 0. The van der Waals surface area contributed by atoms with Crippen LogP contribution < -0.4 is 5.32 Å². The summed E-state index contributed by atoms with van der Waals surface area (Å²) in [6, 6.07) is 5.50. The highest BCUT2D eigenvalue weighted by Gasteiger charge is 2.33. The SMILES string of the molecule is CC(C)(C)C(NC(=O)O)C(O)c1cccc(O)c1. The Morgan fingerprint density at radius 2 is 1.94 bits per heavy atom. The third-order valence-corrected chi connectivity index (χ3v) is 2.74. The number of amides is 1. The van der Waals surface area contributed by atoms with Gasteiger partial charge in [-0.15, -0.1) is 0 Å². The average Bonchev–Trinajstić information content (AvgIpc) is 2.23. The van der Waals surface area contributed by atoms with E-state index in [1.807, 2.05) is 20.8 Å². The summed E-state index contributed by atoms with van der Waals surface area (Å²) in [5.74, 6) is 0.0366. The predicted molar refractivity (Wildman–Crippen MR) is 67.5 cm³/mol. The highest BCUT2D eigenvalue weighted by atomic mass is 16.4. The van der Waals surface area contributed by atoms with Crippen LogP contribution in [0, 0.1) is 5.41 Å². The van der Waals surface area contributed by atoms with Crippen LogP contribution in [-0.2, 0) is 0 Å². The van der Waals surface area contributed by atoms with Crippen LogP contribution in [-0.4, -0.2) is 27.5 Å². The lowest BCUT2D eigenvalue weighted by atomic mass is 9.81. The number of aromatic hydroxyl groups is 1. The molecule has 2 unspecified atom stereocenters. The van der Waals surface area contributed by atoms with Gasteiger partial charge >= 0.3 is 6.09 Å². The van der Waals surface area contributed by atoms with Crippen molar-refractivity contribution in [2.24, 2.45) is 5.41 Å². The van der Waals surface area contributed by atoms with Crippen LogP contribution in [0.2, 0.25) is 0 Å². The van der Waals surface area contributed by atoms with Crippen LogP contribution in [0.1, 0.15) is 32.4 Å². The predicted octanol–water partition coefficient (Wildman–Crippen LogP) is 2.11. The maximum Gasteiger partial charge on any atom is 0.404 e. The summed E-state index contributed by atoms with van der Waals surface area (Å²) < 4.78 is 0. The summed E-state index contributed by atoms with van der Waals surface area (Å²) in [5.41, 5.74) is 0.0205. The first kappa shape index (κ1) is 14.3. The molecule has 0 radical (unpaired) electrons. The molecular weight excluding hydrogens is 234 g/mol. The third kappa shape index (κ3) is 3.63. The summed E-state index contributed by atoms with van der Waals surface area (Å²) in [6.07, 6.45) is -2.21. The highest BCUT2D eigenvalue weighted by Crippen LogP contribution is 2.31. The van der Waals surface area contributed by atoms with E-state index in [0.717, 1.165) is 0 Å². The molecule has 0 aliphatic rings. The molecule has 4 N–H and O–H groups in total. The van der Waals surface area contributed by atoms with Crippen LogP contribution in [0.3, 0.4) is 0 Å². The van der Waals surface area contributed by atoms with E-state index in [9.17, 15) is 15.0 Å². The normalized spacial score (nSPS) is 14.9. The third-order valence-electron chi connectivity index (χ3n) is 2.74. The van der Waals surface area contributed by atoms with Crippen molar-refractivity contribution in [1.29, 1.82) is 0 Å². The van der Waals surface area contributed by atoms with Gasteiger partial charge in [0.15, 0.2) is 0 Å². The van der Waals surface area contributed by atoms with E-state index in [0.29, 0.717) is 5.56 Å². The lowest BCUT2D eigenvalue weighted by Gasteiger charge is -2.34. The average molecular weight is 253 g/mol. The highest BCUT2D eigenvalue weighted by molar-refractivity contribution is 5.65. The minimum absolute atomic E-state index is 0.0366. The number of aliphatic hydroxyl groups is 1. The number of aliphatic hydroxyl groups excluding tert-OH is 1. The minimum atomic E-state index is -1.19. The molecular formula is C13H19NO4. The van der Waals surface area contributed by atoms with Gasteiger partial charge in [0.1, 0.15) is 5.75 Å². The first-order chi connectivity index (χ1) is 8.21. The number of benzene rings is 1. The fourth-order valence-electron chi connectivity index (χ4n) is 1.80. The van der Waals surface area contributed by atoms with Gasteiger partial charge in [0.2, 0.25) is 0 Å². The largest absolute Gasteiger partial charge is 0.508 e. The maximum absolute atomic E-state index is 10.8. The van der Waals surface area contributed by atoms with Crippen molar-refractivity contribution in [2.75, 3.05) is 0 Å². The van der Waals surface area contributed by atoms with Crippen LogP contribution >= 0.6 is 0 Å².